The van der Waals surface area contributed by atoms with Crippen molar-refractivity contribution >= 4 is 0 Å². The monoisotopic (exact) mass is 269 g/mol. The summed E-state index contributed by atoms with van der Waals surface area (Å²) in [5.41, 5.74) is 2.95. The Morgan fingerprint density at radius 2 is 2.15 bits per heavy atom. The number of nitrogens with one attached hydrogen (secondary N) is 1. The summed E-state index contributed by atoms with van der Waals surface area (Å²) in [7, 11) is 1.59. The summed E-state index contributed by atoms with van der Waals surface area (Å²) in [6, 6.07) is 9.92. The van der Waals surface area contributed by atoms with Crippen molar-refractivity contribution in [3.63, 3.8) is 0 Å². The molecule has 0 atom stereocenters. The maximum atomic E-state index is 8.97. The summed E-state index contributed by atoms with van der Waals surface area (Å²) in [4.78, 5) is 0. The largest absolute Gasteiger partial charge is 0.495 e. The highest BCUT2D eigenvalue weighted by atomic mass is 16.5. The number of hydrogen-bond donors (Lipinski definition) is 1. The van der Waals surface area contributed by atoms with E-state index in [4.69, 9.17) is 10.00 Å². The maximum Gasteiger partial charge on any atom is 0.136 e. The Bertz CT molecular complexity index is 610. The first-order valence-electron chi connectivity index (χ1n) is 6.69. The summed E-state index contributed by atoms with van der Waals surface area (Å²) in [6.45, 7) is 4.73. The Hall–Kier alpha value is -2.25. The number of ether oxygens (including phenoxy) is 1. The quantitative estimate of drug-likeness (QED) is 0.876. The zero-order valence-corrected chi connectivity index (χ0v) is 11.9. The van der Waals surface area contributed by atoms with Gasteiger partial charge in [-0.2, -0.15) is 5.26 Å². The molecule has 0 amide bonds. The summed E-state index contributed by atoms with van der Waals surface area (Å²) < 4.78 is 7.36. The van der Waals surface area contributed by atoms with Gasteiger partial charge in [-0.25, -0.2) is 0 Å². The summed E-state index contributed by atoms with van der Waals surface area (Å²) >= 11 is 0. The molecule has 1 aromatic heterocycles. The molecule has 4 heteroatoms. The van der Waals surface area contributed by atoms with E-state index in [1.165, 1.54) is 5.56 Å². The molecule has 0 aliphatic rings. The Morgan fingerprint density at radius 3 is 2.85 bits per heavy atom. The van der Waals surface area contributed by atoms with E-state index in [9.17, 15) is 0 Å². The smallest absolute Gasteiger partial charge is 0.136 e. The molecular weight excluding hydrogens is 250 g/mol. The summed E-state index contributed by atoms with van der Waals surface area (Å²) in [5.74, 6) is 0.630. The van der Waals surface area contributed by atoms with Crippen molar-refractivity contribution in [1.29, 1.82) is 5.26 Å². The average Bonchev–Trinajstić information content (AvgIpc) is 2.92. The van der Waals surface area contributed by atoms with Crippen molar-refractivity contribution in [3.05, 3.63) is 53.3 Å². The fraction of sp³-hybridized carbons (Fsp3) is 0.312. The third kappa shape index (κ3) is 3.40. The van der Waals surface area contributed by atoms with E-state index in [1.807, 2.05) is 12.1 Å². The van der Waals surface area contributed by atoms with Gasteiger partial charge in [0.25, 0.3) is 0 Å². The van der Waals surface area contributed by atoms with Gasteiger partial charge in [-0.1, -0.05) is 13.0 Å². The lowest BCUT2D eigenvalue weighted by molar-refractivity contribution is 0.413. The van der Waals surface area contributed by atoms with Gasteiger partial charge in [-0.05, 0) is 35.9 Å². The highest BCUT2D eigenvalue weighted by Crippen LogP contribution is 2.20. The third-order valence-corrected chi connectivity index (χ3v) is 3.14. The van der Waals surface area contributed by atoms with Crippen molar-refractivity contribution in [2.24, 2.45) is 0 Å². The van der Waals surface area contributed by atoms with Gasteiger partial charge in [0.05, 0.1) is 12.7 Å². The van der Waals surface area contributed by atoms with Crippen molar-refractivity contribution in [2.75, 3.05) is 13.7 Å². The lowest BCUT2D eigenvalue weighted by Crippen LogP contribution is -2.11. The third-order valence-electron chi connectivity index (χ3n) is 3.14. The SMILES string of the molecule is CCNCc1ccn(Cc2ccc(C#N)c(OC)c2)c1. The molecule has 0 bridgehead atoms. The van der Waals surface area contributed by atoms with Crippen LogP contribution in [0.2, 0.25) is 0 Å². The normalized spacial score (nSPS) is 10.2. The predicted octanol–water partition coefficient (Wildman–Crippen LogP) is 2.53. The Kier molecular flexibility index (Phi) is 4.80. The molecule has 0 fully saturated rings. The van der Waals surface area contributed by atoms with Crippen molar-refractivity contribution in [3.8, 4) is 11.8 Å². The first-order chi connectivity index (χ1) is 9.76. The van der Waals surface area contributed by atoms with Crippen LogP contribution >= 0.6 is 0 Å². The molecular formula is C16H19N3O. The number of nitriles is 1. The van der Waals surface area contributed by atoms with Crippen LogP contribution in [-0.2, 0) is 13.1 Å². The highest BCUT2D eigenvalue weighted by molar-refractivity contribution is 5.45. The molecule has 104 valence electrons. The maximum absolute atomic E-state index is 8.97. The van der Waals surface area contributed by atoms with E-state index in [1.54, 1.807) is 13.2 Å². The van der Waals surface area contributed by atoms with Crippen LogP contribution in [0.5, 0.6) is 5.75 Å². The minimum absolute atomic E-state index is 0.566. The summed E-state index contributed by atoms with van der Waals surface area (Å²) in [6.07, 6.45) is 4.20. The Morgan fingerprint density at radius 1 is 1.30 bits per heavy atom. The highest BCUT2D eigenvalue weighted by Gasteiger charge is 2.04. The van der Waals surface area contributed by atoms with E-state index in [-0.39, 0.29) is 0 Å². The van der Waals surface area contributed by atoms with Crippen LogP contribution in [0, 0.1) is 11.3 Å². The van der Waals surface area contributed by atoms with Gasteiger partial charge < -0.3 is 14.6 Å². The molecule has 2 rings (SSSR count). The minimum Gasteiger partial charge on any atom is -0.495 e. The first-order valence-corrected chi connectivity index (χ1v) is 6.69. The lowest BCUT2D eigenvalue weighted by Gasteiger charge is -2.07. The molecule has 20 heavy (non-hydrogen) atoms. The van der Waals surface area contributed by atoms with Crippen LogP contribution in [0.4, 0.5) is 0 Å². The van der Waals surface area contributed by atoms with Crippen LogP contribution in [-0.4, -0.2) is 18.2 Å². The van der Waals surface area contributed by atoms with Gasteiger partial charge in [0.1, 0.15) is 11.8 Å². The van der Waals surface area contributed by atoms with E-state index < -0.39 is 0 Å². The van der Waals surface area contributed by atoms with E-state index in [0.29, 0.717) is 11.3 Å². The predicted molar refractivity (Wildman–Crippen MR) is 78.6 cm³/mol. The van der Waals surface area contributed by atoms with Gasteiger partial charge in [0.2, 0.25) is 0 Å². The molecule has 0 spiro atoms. The molecule has 0 unspecified atom stereocenters. The number of benzene rings is 1. The fourth-order valence-corrected chi connectivity index (χ4v) is 2.10. The van der Waals surface area contributed by atoms with Crippen molar-refractivity contribution in [2.45, 2.75) is 20.0 Å². The minimum atomic E-state index is 0.566. The van der Waals surface area contributed by atoms with Crippen LogP contribution < -0.4 is 10.1 Å². The standard InChI is InChI=1S/C16H19N3O/c1-3-18-10-14-6-7-19(12-14)11-13-4-5-15(9-17)16(8-13)20-2/h4-8,12,18H,3,10-11H2,1-2H3. The van der Waals surface area contributed by atoms with Crippen LogP contribution in [0.1, 0.15) is 23.6 Å². The number of nitrogens with zero attached hydrogens (tertiary/aromatic N) is 2. The molecule has 4 nitrogen and oxygen atoms in total. The first kappa shape index (κ1) is 14.2. The molecule has 0 saturated carbocycles. The molecule has 1 heterocycles. The van der Waals surface area contributed by atoms with Gasteiger partial charge >= 0.3 is 0 Å². The zero-order chi connectivity index (χ0) is 14.4. The molecule has 0 radical (unpaired) electrons. The number of methoxy groups -OCH3 is 1. The topological polar surface area (TPSA) is 50.0 Å². The van der Waals surface area contributed by atoms with Crippen LogP contribution in [0.3, 0.4) is 0 Å². The lowest BCUT2D eigenvalue weighted by atomic mass is 10.1. The molecule has 0 aliphatic heterocycles. The molecule has 0 aliphatic carbocycles. The second kappa shape index (κ2) is 6.78. The second-order valence-electron chi connectivity index (χ2n) is 4.62. The van der Waals surface area contributed by atoms with Gasteiger partial charge in [0, 0.05) is 25.5 Å². The van der Waals surface area contributed by atoms with Gasteiger partial charge in [-0.15, -0.1) is 0 Å². The molecule has 1 aromatic carbocycles. The molecule has 2 aromatic rings. The fourth-order valence-electron chi connectivity index (χ4n) is 2.10. The van der Waals surface area contributed by atoms with E-state index in [2.05, 4.69) is 41.3 Å². The average molecular weight is 269 g/mol. The molecule has 0 saturated heterocycles. The number of hydrogen-bond acceptors (Lipinski definition) is 3. The number of rotatable bonds is 6. The molecule has 1 N–H and O–H groups in total. The Labute approximate surface area is 119 Å². The van der Waals surface area contributed by atoms with Crippen LogP contribution in [0.15, 0.2) is 36.7 Å². The van der Waals surface area contributed by atoms with Crippen molar-refractivity contribution in [1.82, 2.24) is 9.88 Å². The van der Waals surface area contributed by atoms with Crippen LogP contribution in [0.25, 0.3) is 0 Å². The van der Waals surface area contributed by atoms with E-state index in [0.717, 1.165) is 25.2 Å². The number of aromatic nitrogens is 1. The second-order valence-corrected chi connectivity index (χ2v) is 4.62. The van der Waals surface area contributed by atoms with Gasteiger partial charge in [0.15, 0.2) is 0 Å². The summed E-state index contributed by atoms with van der Waals surface area (Å²) in [5, 5.41) is 12.3. The zero-order valence-electron chi connectivity index (χ0n) is 11.9. The van der Waals surface area contributed by atoms with E-state index >= 15 is 0 Å². The Balaban J connectivity index is 2.10. The van der Waals surface area contributed by atoms with Crippen molar-refractivity contribution < 1.29 is 4.74 Å². The van der Waals surface area contributed by atoms with Gasteiger partial charge in [-0.3, -0.25) is 0 Å².